The molecule has 2 rings (SSSR count). The van der Waals surface area contributed by atoms with E-state index in [2.05, 4.69) is 5.32 Å². The number of nitrogens with one attached hydrogen (secondary N) is 1. The molecule has 24 heavy (non-hydrogen) atoms. The lowest BCUT2D eigenvalue weighted by atomic mass is 9.96. The quantitative estimate of drug-likeness (QED) is 0.776. The van der Waals surface area contributed by atoms with Gasteiger partial charge in [-0.25, -0.2) is 4.79 Å². The van der Waals surface area contributed by atoms with Crippen molar-refractivity contribution in [1.82, 2.24) is 5.32 Å². The molecule has 0 heterocycles. The van der Waals surface area contributed by atoms with Crippen LogP contribution in [0.2, 0.25) is 0 Å². The first-order chi connectivity index (χ1) is 11.6. The van der Waals surface area contributed by atoms with E-state index in [0.717, 1.165) is 5.56 Å². The van der Waals surface area contributed by atoms with Gasteiger partial charge in [-0.2, -0.15) is 0 Å². The van der Waals surface area contributed by atoms with Crippen LogP contribution < -0.4 is 5.32 Å². The Balaban J connectivity index is 1.97. The second-order valence-corrected chi connectivity index (χ2v) is 6.12. The average Bonchev–Trinajstić information content (AvgIpc) is 2.60. The molecule has 0 aliphatic heterocycles. The van der Waals surface area contributed by atoms with Gasteiger partial charge in [-0.15, -0.1) is 0 Å². The van der Waals surface area contributed by atoms with Crippen LogP contribution in [-0.2, 0) is 11.3 Å². The van der Waals surface area contributed by atoms with Crippen molar-refractivity contribution < 1.29 is 14.3 Å². The number of carbonyl (C=O) groups excluding carboxylic acids is 2. The standard InChI is InChI=1S/C20H23NO3/c1-15(2)13-18(19(22)17-11-7-4-8-12-17)21-20(23)24-14-16-9-5-3-6-10-16/h3-12,15,18H,13-14H2,1-2H3,(H,21,23)/t18-/m0/s1. The van der Waals surface area contributed by atoms with Crippen LogP contribution in [0.1, 0.15) is 36.2 Å². The summed E-state index contributed by atoms with van der Waals surface area (Å²) < 4.78 is 5.22. The molecule has 1 amide bonds. The number of hydrogen-bond acceptors (Lipinski definition) is 3. The third-order valence-corrected chi connectivity index (χ3v) is 3.59. The Labute approximate surface area is 142 Å². The van der Waals surface area contributed by atoms with Crippen LogP contribution in [0.25, 0.3) is 0 Å². The Bertz CT molecular complexity index is 653. The van der Waals surface area contributed by atoms with E-state index < -0.39 is 12.1 Å². The maximum Gasteiger partial charge on any atom is 0.408 e. The number of rotatable bonds is 7. The van der Waals surface area contributed by atoms with Crippen molar-refractivity contribution in [2.75, 3.05) is 0 Å². The predicted octanol–water partition coefficient (Wildman–Crippen LogP) is 4.21. The van der Waals surface area contributed by atoms with E-state index in [1.165, 1.54) is 0 Å². The number of ketones is 1. The van der Waals surface area contributed by atoms with Gasteiger partial charge in [0.1, 0.15) is 6.61 Å². The zero-order valence-electron chi connectivity index (χ0n) is 14.1. The first-order valence-electron chi connectivity index (χ1n) is 8.12. The lowest BCUT2D eigenvalue weighted by Crippen LogP contribution is -2.42. The second kappa shape index (κ2) is 8.87. The highest BCUT2D eigenvalue weighted by Crippen LogP contribution is 2.12. The van der Waals surface area contributed by atoms with Gasteiger partial charge in [-0.05, 0) is 17.9 Å². The van der Waals surface area contributed by atoms with Gasteiger partial charge in [-0.1, -0.05) is 74.5 Å². The Morgan fingerprint density at radius 3 is 2.12 bits per heavy atom. The number of amides is 1. The number of benzene rings is 2. The minimum absolute atomic E-state index is 0.0963. The highest BCUT2D eigenvalue weighted by molar-refractivity contribution is 6.01. The topological polar surface area (TPSA) is 55.4 Å². The molecule has 1 atom stereocenters. The number of hydrogen-bond donors (Lipinski definition) is 1. The molecule has 0 radical (unpaired) electrons. The summed E-state index contributed by atoms with van der Waals surface area (Å²) in [6.07, 6.45) is -0.0115. The normalized spacial score (nSPS) is 11.8. The summed E-state index contributed by atoms with van der Waals surface area (Å²) in [5, 5.41) is 2.71. The van der Waals surface area contributed by atoms with Crippen molar-refractivity contribution in [3.8, 4) is 0 Å². The highest BCUT2D eigenvalue weighted by atomic mass is 16.5. The van der Waals surface area contributed by atoms with Gasteiger partial charge in [-0.3, -0.25) is 4.79 Å². The molecule has 0 spiro atoms. The van der Waals surface area contributed by atoms with E-state index in [1.54, 1.807) is 12.1 Å². The fourth-order valence-corrected chi connectivity index (χ4v) is 2.41. The first kappa shape index (κ1) is 17.7. The van der Waals surface area contributed by atoms with Crippen molar-refractivity contribution in [2.24, 2.45) is 5.92 Å². The van der Waals surface area contributed by atoms with E-state index in [1.807, 2.05) is 62.4 Å². The molecule has 4 nitrogen and oxygen atoms in total. The summed E-state index contributed by atoms with van der Waals surface area (Å²) in [7, 11) is 0. The minimum Gasteiger partial charge on any atom is -0.445 e. The molecular weight excluding hydrogens is 302 g/mol. The summed E-state index contributed by atoms with van der Waals surface area (Å²) in [4.78, 5) is 24.7. The van der Waals surface area contributed by atoms with Crippen molar-refractivity contribution in [1.29, 1.82) is 0 Å². The molecule has 0 aliphatic rings. The molecular formula is C20H23NO3. The Hall–Kier alpha value is -2.62. The second-order valence-electron chi connectivity index (χ2n) is 6.12. The van der Waals surface area contributed by atoms with Gasteiger partial charge < -0.3 is 10.1 Å². The van der Waals surface area contributed by atoms with Gasteiger partial charge in [0, 0.05) is 5.56 Å². The highest BCUT2D eigenvalue weighted by Gasteiger charge is 2.23. The zero-order chi connectivity index (χ0) is 17.4. The Kier molecular flexibility index (Phi) is 6.55. The van der Waals surface area contributed by atoms with Crippen molar-refractivity contribution in [3.05, 3.63) is 71.8 Å². The van der Waals surface area contributed by atoms with Gasteiger partial charge in [0.05, 0.1) is 6.04 Å². The molecule has 0 fully saturated rings. The minimum atomic E-state index is -0.587. The molecule has 1 N–H and O–H groups in total. The van der Waals surface area contributed by atoms with Crippen LogP contribution in [-0.4, -0.2) is 17.9 Å². The summed E-state index contributed by atoms with van der Waals surface area (Å²) in [5.74, 6) is 0.179. The fourth-order valence-electron chi connectivity index (χ4n) is 2.41. The van der Waals surface area contributed by atoms with Crippen LogP contribution >= 0.6 is 0 Å². The smallest absolute Gasteiger partial charge is 0.408 e. The van der Waals surface area contributed by atoms with Crippen LogP contribution in [0.5, 0.6) is 0 Å². The Morgan fingerprint density at radius 1 is 0.958 bits per heavy atom. The molecule has 4 heteroatoms. The zero-order valence-corrected chi connectivity index (χ0v) is 14.1. The van der Waals surface area contributed by atoms with Gasteiger partial charge in [0.25, 0.3) is 0 Å². The van der Waals surface area contributed by atoms with E-state index in [-0.39, 0.29) is 18.3 Å². The van der Waals surface area contributed by atoms with Gasteiger partial charge in [0.2, 0.25) is 0 Å². The summed E-state index contributed by atoms with van der Waals surface area (Å²) >= 11 is 0. The molecule has 0 aromatic heterocycles. The molecule has 0 unspecified atom stereocenters. The lowest BCUT2D eigenvalue weighted by molar-refractivity contribution is 0.0902. The lowest BCUT2D eigenvalue weighted by Gasteiger charge is -2.19. The van der Waals surface area contributed by atoms with Gasteiger partial charge in [0.15, 0.2) is 5.78 Å². The third kappa shape index (κ3) is 5.54. The summed E-state index contributed by atoms with van der Waals surface area (Å²) in [6, 6.07) is 17.8. The number of Topliss-reactive ketones (excluding diaryl/α,β-unsaturated/α-hetero) is 1. The first-order valence-corrected chi connectivity index (χ1v) is 8.12. The van der Waals surface area contributed by atoms with E-state index in [0.29, 0.717) is 12.0 Å². The average molecular weight is 325 g/mol. The molecule has 0 aliphatic carbocycles. The Morgan fingerprint density at radius 2 is 1.54 bits per heavy atom. The molecule has 0 saturated heterocycles. The van der Waals surface area contributed by atoms with E-state index in [9.17, 15) is 9.59 Å². The predicted molar refractivity (Wildman–Crippen MR) is 93.8 cm³/mol. The maximum atomic E-state index is 12.6. The summed E-state index contributed by atoms with van der Waals surface area (Å²) in [5.41, 5.74) is 1.49. The number of alkyl carbamates (subject to hydrolysis) is 1. The number of ether oxygens (including phenoxy) is 1. The number of carbonyl (C=O) groups is 2. The molecule has 0 saturated carbocycles. The van der Waals surface area contributed by atoms with E-state index >= 15 is 0 Å². The van der Waals surface area contributed by atoms with Crippen LogP contribution in [0.3, 0.4) is 0 Å². The van der Waals surface area contributed by atoms with Crippen molar-refractivity contribution >= 4 is 11.9 Å². The van der Waals surface area contributed by atoms with E-state index in [4.69, 9.17) is 4.74 Å². The molecule has 2 aromatic carbocycles. The molecule has 126 valence electrons. The molecule has 2 aromatic rings. The fraction of sp³-hybridized carbons (Fsp3) is 0.300. The largest absolute Gasteiger partial charge is 0.445 e. The maximum absolute atomic E-state index is 12.6. The summed E-state index contributed by atoms with van der Waals surface area (Å²) in [6.45, 7) is 4.21. The van der Waals surface area contributed by atoms with Crippen LogP contribution in [0.15, 0.2) is 60.7 Å². The monoisotopic (exact) mass is 325 g/mol. The molecule has 0 bridgehead atoms. The SMILES string of the molecule is CC(C)C[C@H](NC(=O)OCc1ccccc1)C(=O)c1ccccc1. The van der Waals surface area contributed by atoms with Crippen LogP contribution in [0, 0.1) is 5.92 Å². The van der Waals surface area contributed by atoms with Crippen molar-refractivity contribution in [3.63, 3.8) is 0 Å². The van der Waals surface area contributed by atoms with Crippen LogP contribution in [0.4, 0.5) is 4.79 Å². The third-order valence-electron chi connectivity index (χ3n) is 3.59. The van der Waals surface area contributed by atoms with Crippen molar-refractivity contribution in [2.45, 2.75) is 32.9 Å². The van der Waals surface area contributed by atoms with Gasteiger partial charge >= 0.3 is 6.09 Å².